The van der Waals surface area contributed by atoms with Crippen LogP contribution < -0.4 is 10.5 Å². The van der Waals surface area contributed by atoms with Gasteiger partial charge in [-0.3, -0.25) is 0 Å². The summed E-state index contributed by atoms with van der Waals surface area (Å²) in [6.07, 6.45) is 1.83. The highest BCUT2D eigenvalue weighted by Gasteiger charge is 2.13. The van der Waals surface area contributed by atoms with Gasteiger partial charge in [0.25, 0.3) is 0 Å². The summed E-state index contributed by atoms with van der Waals surface area (Å²) in [6.45, 7) is 7.09. The maximum atomic E-state index is 6.42. The molecule has 0 aliphatic rings. The number of hydrogen-bond donors (Lipinski definition) is 1. The maximum Gasteiger partial charge on any atom is 0.124 e. The van der Waals surface area contributed by atoms with Gasteiger partial charge in [-0.25, -0.2) is 0 Å². The summed E-state index contributed by atoms with van der Waals surface area (Å²) in [4.78, 5) is 0. The Morgan fingerprint density at radius 1 is 1.05 bits per heavy atom. The summed E-state index contributed by atoms with van der Waals surface area (Å²) in [5, 5.41) is 0. The molecule has 0 aromatic heterocycles. The predicted molar refractivity (Wildman–Crippen MR) is 88.8 cm³/mol. The third-order valence-corrected chi connectivity index (χ3v) is 3.52. The van der Waals surface area contributed by atoms with Crippen LogP contribution in [0.25, 0.3) is 0 Å². The minimum absolute atomic E-state index is 0.0424. The van der Waals surface area contributed by atoms with Crippen molar-refractivity contribution in [2.24, 2.45) is 5.73 Å². The Morgan fingerprint density at radius 3 is 2.38 bits per heavy atom. The van der Waals surface area contributed by atoms with Crippen molar-refractivity contribution in [1.29, 1.82) is 0 Å². The molecule has 2 aromatic carbocycles. The number of aryl methyl sites for hydroxylation is 2. The Balaban J connectivity index is 2.17. The predicted octanol–water partition coefficient (Wildman–Crippen LogP) is 4.33. The van der Waals surface area contributed by atoms with E-state index in [9.17, 15) is 0 Å². The molecule has 0 radical (unpaired) electrons. The van der Waals surface area contributed by atoms with E-state index in [0.29, 0.717) is 0 Å². The first-order chi connectivity index (χ1) is 10.1. The van der Waals surface area contributed by atoms with Crippen molar-refractivity contribution >= 4 is 0 Å². The zero-order valence-corrected chi connectivity index (χ0v) is 13.2. The summed E-state index contributed by atoms with van der Waals surface area (Å²) >= 11 is 0. The van der Waals surface area contributed by atoms with Gasteiger partial charge < -0.3 is 10.5 Å². The van der Waals surface area contributed by atoms with Gasteiger partial charge in [-0.2, -0.15) is 0 Å². The van der Waals surface area contributed by atoms with Gasteiger partial charge >= 0.3 is 0 Å². The first kappa shape index (κ1) is 15.6. The third kappa shape index (κ3) is 4.33. The number of benzene rings is 2. The van der Waals surface area contributed by atoms with Crippen molar-refractivity contribution < 1.29 is 4.74 Å². The van der Waals surface area contributed by atoms with Crippen molar-refractivity contribution in [3.63, 3.8) is 0 Å². The van der Waals surface area contributed by atoms with Gasteiger partial charge in [0.15, 0.2) is 0 Å². The Hall–Kier alpha value is -1.80. The van der Waals surface area contributed by atoms with Gasteiger partial charge in [0.1, 0.15) is 5.75 Å². The van der Waals surface area contributed by atoms with Gasteiger partial charge in [0, 0.05) is 11.6 Å². The lowest BCUT2D eigenvalue weighted by molar-refractivity contribution is 0.312. The second-order valence-corrected chi connectivity index (χ2v) is 5.69. The Kier molecular flexibility index (Phi) is 5.40. The fourth-order valence-electron chi connectivity index (χ4n) is 2.68. The second kappa shape index (κ2) is 7.28. The van der Waals surface area contributed by atoms with Crippen LogP contribution in [0.15, 0.2) is 42.5 Å². The minimum Gasteiger partial charge on any atom is -0.493 e. The molecule has 21 heavy (non-hydrogen) atoms. The first-order valence-electron chi connectivity index (χ1n) is 7.64. The highest BCUT2D eigenvalue weighted by molar-refractivity contribution is 5.37. The molecule has 0 spiro atoms. The van der Waals surface area contributed by atoms with E-state index in [1.165, 1.54) is 16.7 Å². The molecule has 0 saturated heterocycles. The normalized spacial score (nSPS) is 12.2. The molecule has 0 saturated carbocycles. The van der Waals surface area contributed by atoms with Crippen LogP contribution in [0, 0.1) is 13.8 Å². The highest BCUT2D eigenvalue weighted by Crippen LogP contribution is 2.26. The van der Waals surface area contributed by atoms with Crippen LogP contribution in [0.1, 0.15) is 41.6 Å². The summed E-state index contributed by atoms with van der Waals surface area (Å²) in [5.41, 5.74) is 11.4. The number of rotatable bonds is 6. The van der Waals surface area contributed by atoms with Gasteiger partial charge in [0.05, 0.1) is 6.61 Å². The Morgan fingerprint density at radius 2 is 1.71 bits per heavy atom. The second-order valence-electron chi connectivity index (χ2n) is 5.69. The molecule has 2 nitrogen and oxygen atoms in total. The molecule has 0 aliphatic carbocycles. The van der Waals surface area contributed by atoms with E-state index in [-0.39, 0.29) is 6.04 Å². The zero-order valence-electron chi connectivity index (χ0n) is 13.2. The number of hydrogen-bond acceptors (Lipinski definition) is 2. The lowest BCUT2D eigenvalue weighted by Gasteiger charge is -2.17. The van der Waals surface area contributed by atoms with Crippen LogP contribution >= 0.6 is 0 Å². The fraction of sp³-hybridized carbons (Fsp3) is 0.368. The lowest BCUT2D eigenvalue weighted by atomic mass is 9.96. The van der Waals surface area contributed by atoms with Crippen molar-refractivity contribution in [2.75, 3.05) is 6.61 Å². The van der Waals surface area contributed by atoms with Crippen LogP contribution in [-0.4, -0.2) is 6.61 Å². The molecule has 0 amide bonds. The van der Waals surface area contributed by atoms with E-state index in [1.54, 1.807) is 0 Å². The lowest BCUT2D eigenvalue weighted by Crippen LogP contribution is -2.15. The molecule has 0 fully saturated rings. The summed E-state index contributed by atoms with van der Waals surface area (Å²) in [5.74, 6) is 0.913. The van der Waals surface area contributed by atoms with Crippen molar-refractivity contribution in [2.45, 2.75) is 39.7 Å². The van der Waals surface area contributed by atoms with Gasteiger partial charge in [-0.1, -0.05) is 54.4 Å². The van der Waals surface area contributed by atoms with E-state index in [1.807, 2.05) is 18.2 Å². The maximum absolute atomic E-state index is 6.42. The summed E-state index contributed by atoms with van der Waals surface area (Å²) < 4.78 is 5.81. The topological polar surface area (TPSA) is 35.2 Å². The van der Waals surface area contributed by atoms with E-state index in [2.05, 4.69) is 45.0 Å². The van der Waals surface area contributed by atoms with Gasteiger partial charge in [-0.15, -0.1) is 0 Å². The van der Waals surface area contributed by atoms with Crippen molar-refractivity contribution in [3.8, 4) is 5.75 Å². The standard InChI is InChI=1S/C19H25NO/c1-4-9-21-19-8-6-5-7-17(19)18(20)13-16-11-14(2)10-15(3)12-16/h5-8,10-12,18H,4,9,13,20H2,1-3H3. The molecule has 1 unspecified atom stereocenters. The SMILES string of the molecule is CCCOc1ccccc1C(N)Cc1cc(C)cc(C)c1. The Labute approximate surface area is 127 Å². The molecule has 2 aromatic rings. The summed E-state index contributed by atoms with van der Waals surface area (Å²) in [7, 11) is 0. The van der Waals surface area contributed by atoms with Crippen molar-refractivity contribution in [1.82, 2.24) is 0 Å². The molecule has 112 valence electrons. The molecule has 2 N–H and O–H groups in total. The molecule has 2 heteroatoms. The van der Waals surface area contributed by atoms with Crippen LogP contribution in [0.3, 0.4) is 0 Å². The average molecular weight is 283 g/mol. The van der Waals surface area contributed by atoms with E-state index < -0.39 is 0 Å². The smallest absolute Gasteiger partial charge is 0.124 e. The molecular weight excluding hydrogens is 258 g/mol. The number of ether oxygens (including phenoxy) is 1. The largest absolute Gasteiger partial charge is 0.493 e. The molecule has 2 rings (SSSR count). The minimum atomic E-state index is -0.0424. The molecule has 0 aliphatic heterocycles. The first-order valence-corrected chi connectivity index (χ1v) is 7.64. The van der Waals surface area contributed by atoms with E-state index in [0.717, 1.165) is 30.8 Å². The Bertz CT molecular complexity index is 572. The molecule has 1 atom stereocenters. The van der Waals surface area contributed by atoms with Gasteiger partial charge in [0.2, 0.25) is 0 Å². The molecular formula is C19H25NO. The van der Waals surface area contributed by atoms with Crippen LogP contribution in [0.5, 0.6) is 5.75 Å². The number of nitrogens with two attached hydrogens (primary N) is 1. The fourth-order valence-corrected chi connectivity index (χ4v) is 2.68. The molecule has 0 bridgehead atoms. The average Bonchev–Trinajstić information content (AvgIpc) is 2.44. The van der Waals surface area contributed by atoms with Crippen LogP contribution in [0.2, 0.25) is 0 Å². The van der Waals surface area contributed by atoms with E-state index in [4.69, 9.17) is 10.5 Å². The zero-order chi connectivity index (χ0) is 15.2. The third-order valence-electron chi connectivity index (χ3n) is 3.52. The van der Waals surface area contributed by atoms with Gasteiger partial charge in [-0.05, 0) is 38.3 Å². The van der Waals surface area contributed by atoms with Crippen LogP contribution in [0.4, 0.5) is 0 Å². The van der Waals surface area contributed by atoms with E-state index >= 15 is 0 Å². The van der Waals surface area contributed by atoms with Crippen LogP contribution in [-0.2, 0) is 6.42 Å². The number of para-hydroxylation sites is 1. The van der Waals surface area contributed by atoms with Crippen molar-refractivity contribution in [3.05, 3.63) is 64.7 Å². The quantitative estimate of drug-likeness (QED) is 0.856. The summed E-state index contributed by atoms with van der Waals surface area (Å²) in [6, 6.07) is 14.7. The molecule has 0 heterocycles. The highest BCUT2D eigenvalue weighted by atomic mass is 16.5. The monoisotopic (exact) mass is 283 g/mol.